The summed E-state index contributed by atoms with van der Waals surface area (Å²) in [6.45, 7) is 3.31. The van der Waals surface area contributed by atoms with Crippen LogP contribution >= 0.6 is 0 Å². The van der Waals surface area contributed by atoms with Gasteiger partial charge in [-0.15, -0.1) is 0 Å². The average Bonchev–Trinajstić information content (AvgIpc) is 2.37. The average molecular weight is 282 g/mol. The van der Waals surface area contributed by atoms with Crippen LogP contribution < -0.4 is 5.32 Å². The van der Waals surface area contributed by atoms with Crippen LogP contribution in [-0.4, -0.2) is 41.0 Å². The maximum Gasteiger partial charge on any atom is 0.323 e. The van der Waals surface area contributed by atoms with Crippen molar-refractivity contribution < 1.29 is 19.1 Å². The summed E-state index contributed by atoms with van der Waals surface area (Å²) in [5.41, 5.74) is -0.340. The number of benzene rings is 1. The predicted octanol–water partition coefficient (Wildman–Crippen LogP) is 1.24. The van der Waals surface area contributed by atoms with Crippen molar-refractivity contribution in [2.75, 3.05) is 13.6 Å². The Labute approximate surface area is 117 Å². The summed E-state index contributed by atoms with van der Waals surface area (Å²) in [5, 5.41) is 11.7. The van der Waals surface area contributed by atoms with Crippen LogP contribution in [0.25, 0.3) is 0 Å². The van der Waals surface area contributed by atoms with Crippen molar-refractivity contribution in [1.82, 2.24) is 10.2 Å². The lowest BCUT2D eigenvalue weighted by atomic mass is 10.0. The number of halogens is 1. The van der Waals surface area contributed by atoms with E-state index in [1.165, 1.54) is 30.9 Å². The number of nitrogens with zero attached hydrogens (tertiary/aromatic N) is 1. The Bertz CT molecular complexity index is 486. The third kappa shape index (κ3) is 4.31. The van der Waals surface area contributed by atoms with Crippen LogP contribution in [0.5, 0.6) is 0 Å². The standard InChI is InChI=1S/C14H19FN2O3/c1-14(2,13(19)20)17(3)9-12(18)16-8-10-4-6-11(15)7-5-10/h4-7H,8-9H2,1-3H3,(H,16,18)(H,19,20). The zero-order chi connectivity index (χ0) is 15.3. The molecule has 0 unspecified atom stereocenters. The molecular formula is C14H19FN2O3. The number of hydrogen-bond donors (Lipinski definition) is 2. The van der Waals surface area contributed by atoms with Crippen LogP contribution in [0.1, 0.15) is 19.4 Å². The van der Waals surface area contributed by atoms with Gasteiger partial charge in [-0.25, -0.2) is 4.39 Å². The summed E-state index contributed by atoms with van der Waals surface area (Å²) >= 11 is 0. The molecule has 0 heterocycles. The second-order valence-electron chi connectivity index (χ2n) is 5.12. The molecule has 0 fully saturated rings. The second-order valence-corrected chi connectivity index (χ2v) is 5.12. The maximum absolute atomic E-state index is 12.7. The summed E-state index contributed by atoms with van der Waals surface area (Å²) in [7, 11) is 1.57. The Morgan fingerprint density at radius 3 is 2.35 bits per heavy atom. The lowest BCUT2D eigenvalue weighted by Gasteiger charge is -2.30. The fourth-order valence-electron chi connectivity index (χ4n) is 1.44. The van der Waals surface area contributed by atoms with Gasteiger partial charge in [-0.1, -0.05) is 12.1 Å². The Hall–Kier alpha value is -1.95. The van der Waals surface area contributed by atoms with Crippen LogP contribution in [0.3, 0.4) is 0 Å². The molecule has 0 saturated heterocycles. The van der Waals surface area contributed by atoms with Gasteiger partial charge in [0.05, 0.1) is 6.54 Å². The first-order valence-corrected chi connectivity index (χ1v) is 6.19. The van der Waals surface area contributed by atoms with Gasteiger partial charge in [0, 0.05) is 6.54 Å². The smallest absolute Gasteiger partial charge is 0.323 e. The maximum atomic E-state index is 12.7. The molecular weight excluding hydrogens is 263 g/mol. The summed E-state index contributed by atoms with van der Waals surface area (Å²) in [4.78, 5) is 24.2. The molecule has 6 heteroatoms. The number of nitrogens with one attached hydrogen (secondary N) is 1. The van der Waals surface area contributed by atoms with Gasteiger partial charge in [0.15, 0.2) is 0 Å². The molecule has 1 amide bonds. The Morgan fingerprint density at radius 1 is 1.30 bits per heavy atom. The molecule has 0 spiro atoms. The lowest BCUT2D eigenvalue weighted by Crippen LogP contribution is -2.51. The molecule has 0 saturated carbocycles. The normalized spacial score (nSPS) is 11.4. The highest BCUT2D eigenvalue weighted by atomic mass is 19.1. The number of carbonyl (C=O) groups is 2. The molecule has 0 aliphatic heterocycles. The molecule has 1 aromatic rings. The highest BCUT2D eigenvalue weighted by Crippen LogP contribution is 2.11. The van der Waals surface area contributed by atoms with Crippen molar-refractivity contribution in [3.8, 4) is 0 Å². The molecule has 0 bridgehead atoms. The van der Waals surface area contributed by atoms with E-state index in [1.807, 2.05) is 0 Å². The topological polar surface area (TPSA) is 69.6 Å². The van der Waals surface area contributed by atoms with E-state index < -0.39 is 11.5 Å². The van der Waals surface area contributed by atoms with E-state index in [9.17, 15) is 14.0 Å². The molecule has 20 heavy (non-hydrogen) atoms. The molecule has 0 aliphatic carbocycles. The van der Waals surface area contributed by atoms with E-state index in [-0.39, 0.29) is 24.8 Å². The van der Waals surface area contributed by atoms with E-state index in [1.54, 1.807) is 19.2 Å². The number of likely N-dealkylation sites (N-methyl/N-ethyl adjacent to an activating group) is 1. The number of amides is 1. The first-order valence-electron chi connectivity index (χ1n) is 6.19. The molecule has 1 aromatic carbocycles. The number of hydrogen-bond acceptors (Lipinski definition) is 3. The summed E-state index contributed by atoms with van der Waals surface area (Å²) in [6, 6.07) is 5.81. The van der Waals surface area contributed by atoms with Crippen molar-refractivity contribution in [2.45, 2.75) is 25.9 Å². The zero-order valence-corrected chi connectivity index (χ0v) is 11.8. The molecule has 1 rings (SSSR count). The van der Waals surface area contributed by atoms with E-state index in [0.29, 0.717) is 0 Å². The largest absolute Gasteiger partial charge is 0.480 e. The van der Waals surface area contributed by atoms with Crippen LogP contribution in [0.15, 0.2) is 24.3 Å². The predicted molar refractivity (Wildman–Crippen MR) is 72.6 cm³/mol. The van der Waals surface area contributed by atoms with Gasteiger partial charge in [0.25, 0.3) is 0 Å². The van der Waals surface area contributed by atoms with Crippen molar-refractivity contribution in [3.05, 3.63) is 35.6 Å². The third-order valence-corrected chi connectivity index (χ3v) is 3.26. The van der Waals surface area contributed by atoms with E-state index in [2.05, 4.69) is 5.32 Å². The Balaban J connectivity index is 2.48. The van der Waals surface area contributed by atoms with Gasteiger partial charge < -0.3 is 10.4 Å². The second kappa shape index (κ2) is 6.47. The molecule has 0 aromatic heterocycles. The number of carbonyl (C=O) groups excluding carboxylic acids is 1. The van der Waals surface area contributed by atoms with Gasteiger partial charge in [0.2, 0.25) is 5.91 Å². The Kier molecular flexibility index (Phi) is 5.21. The number of aliphatic carboxylic acids is 1. The van der Waals surface area contributed by atoms with Gasteiger partial charge >= 0.3 is 5.97 Å². The van der Waals surface area contributed by atoms with Gasteiger partial charge in [-0.05, 0) is 38.6 Å². The molecule has 110 valence electrons. The highest BCUT2D eigenvalue weighted by molar-refractivity contribution is 5.81. The number of rotatable bonds is 6. The fourth-order valence-corrected chi connectivity index (χ4v) is 1.44. The van der Waals surface area contributed by atoms with Gasteiger partial charge in [0.1, 0.15) is 11.4 Å². The number of carboxylic acid groups (broad SMARTS) is 1. The first kappa shape index (κ1) is 16.1. The summed E-state index contributed by atoms with van der Waals surface area (Å²) in [5.74, 6) is -1.61. The van der Waals surface area contributed by atoms with Crippen molar-refractivity contribution in [1.29, 1.82) is 0 Å². The van der Waals surface area contributed by atoms with E-state index >= 15 is 0 Å². The van der Waals surface area contributed by atoms with E-state index in [0.717, 1.165) is 5.56 Å². The first-order chi connectivity index (χ1) is 9.23. The van der Waals surface area contributed by atoms with Gasteiger partial charge in [-0.3, -0.25) is 14.5 Å². The lowest BCUT2D eigenvalue weighted by molar-refractivity contribution is -0.149. The van der Waals surface area contributed by atoms with E-state index in [4.69, 9.17) is 5.11 Å². The van der Waals surface area contributed by atoms with Crippen molar-refractivity contribution in [3.63, 3.8) is 0 Å². The SMILES string of the molecule is CN(CC(=O)NCc1ccc(F)cc1)C(C)(C)C(=O)O. The van der Waals surface area contributed by atoms with Crippen molar-refractivity contribution >= 4 is 11.9 Å². The fraction of sp³-hybridized carbons (Fsp3) is 0.429. The van der Waals surface area contributed by atoms with Crippen LogP contribution in [0.4, 0.5) is 4.39 Å². The minimum absolute atomic E-state index is 0.0273. The highest BCUT2D eigenvalue weighted by Gasteiger charge is 2.32. The number of carboxylic acids is 1. The van der Waals surface area contributed by atoms with Crippen LogP contribution in [0, 0.1) is 5.82 Å². The van der Waals surface area contributed by atoms with Gasteiger partial charge in [-0.2, -0.15) is 0 Å². The molecule has 2 N–H and O–H groups in total. The van der Waals surface area contributed by atoms with Crippen LogP contribution in [0.2, 0.25) is 0 Å². The quantitative estimate of drug-likeness (QED) is 0.823. The molecule has 0 radical (unpaired) electrons. The summed E-state index contributed by atoms with van der Waals surface area (Å²) < 4.78 is 12.7. The monoisotopic (exact) mass is 282 g/mol. The Morgan fingerprint density at radius 2 is 1.85 bits per heavy atom. The van der Waals surface area contributed by atoms with Crippen LogP contribution in [-0.2, 0) is 16.1 Å². The summed E-state index contributed by atoms with van der Waals surface area (Å²) in [6.07, 6.45) is 0. The molecule has 0 aliphatic rings. The minimum atomic E-state index is -1.12. The molecule has 0 atom stereocenters. The minimum Gasteiger partial charge on any atom is -0.480 e. The zero-order valence-electron chi connectivity index (χ0n) is 11.8. The van der Waals surface area contributed by atoms with Crippen molar-refractivity contribution in [2.24, 2.45) is 0 Å². The molecule has 5 nitrogen and oxygen atoms in total. The third-order valence-electron chi connectivity index (χ3n) is 3.26.